The van der Waals surface area contributed by atoms with Gasteiger partial charge in [-0.25, -0.2) is 0 Å². The largest absolute Gasteiger partial charge is 0.461 e. The quantitative estimate of drug-likeness (QED) is 0.464. The fourth-order valence-corrected chi connectivity index (χ4v) is 3.50. The Kier molecular flexibility index (Phi) is 5.70. The zero-order valence-corrected chi connectivity index (χ0v) is 16.4. The molecule has 150 valence electrons. The lowest BCUT2D eigenvalue weighted by Crippen LogP contribution is -2.26. The van der Waals surface area contributed by atoms with Crippen LogP contribution in [0.5, 0.6) is 0 Å². The number of rotatable bonds is 6. The second-order valence-corrected chi connectivity index (χ2v) is 7.24. The van der Waals surface area contributed by atoms with Gasteiger partial charge in [-0.2, -0.15) is 0 Å². The lowest BCUT2D eigenvalue weighted by atomic mass is 10.0. The van der Waals surface area contributed by atoms with Gasteiger partial charge in [0.2, 0.25) is 5.91 Å². The summed E-state index contributed by atoms with van der Waals surface area (Å²) in [6.45, 7) is 0.431. The van der Waals surface area contributed by atoms with Crippen molar-refractivity contribution in [1.29, 1.82) is 0 Å². The second-order valence-electron chi connectivity index (χ2n) is 7.24. The van der Waals surface area contributed by atoms with E-state index in [1.807, 2.05) is 48.5 Å². The Hall–Kier alpha value is -3.73. The van der Waals surface area contributed by atoms with E-state index in [0.717, 1.165) is 11.3 Å². The molecule has 5 nitrogen and oxygen atoms in total. The van der Waals surface area contributed by atoms with Gasteiger partial charge in [0.05, 0.1) is 5.92 Å². The van der Waals surface area contributed by atoms with Crippen molar-refractivity contribution in [1.82, 2.24) is 0 Å². The van der Waals surface area contributed by atoms with E-state index in [2.05, 4.69) is 0 Å². The highest BCUT2D eigenvalue weighted by atomic mass is 16.5. The molecule has 0 radical (unpaired) electrons. The number of amides is 1. The Bertz CT molecular complexity index is 1050. The van der Waals surface area contributed by atoms with E-state index < -0.39 is 5.92 Å². The van der Waals surface area contributed by atoms with Gasteiger partial charge < -0.3 is 9.64 Å². The van der Waals surface area contributed by atoms with E-state index in [9.17, 15) is 14.4 Å². The molecule has 30 heavy (non-hydrogen) atoms. The topological polar surface area (TPSA) is 63.7 Å². The molecule has 0 N–H and O–H groups in total. The van der Waals surface area contributed by atoms with Gasteiger partial charge in [-0.15, -0.1) is 0 Å². The van der Waals surface area contributed by atoms with E-state index in [0.29, 0.717) is 17.7 Å². The molecular weight excluding hydrogens is 378 g/mol. The molecule has 4 rings (SSSR count). The monoisotopic (exact) mass is 399 g/mol. The Morgan fingerprint density at radius 2 is 1.43 bits per heavy atom. The molecule has 1 aliphatic rings. The summed E-state index contributed by atoms with van der Waals surface area (Å²) in [5.74, 6) is -0.987. The normalized spacial score (nSPS) is 15.8. The SMILES string of the molecule is O=C(c1ccccc1)c1ccc(COC(=O)[C@H]2CC(=O)N(c3ccccc3)C2)cc1. The standard InChI is InChI=1S/C25H21NO4/c27-23-15-21(16-26(23)22-9-5-2-6-10-22)25(29)30-17-18-11-13-20(14-12-18)24(28)19-7-3-1-4-8-19/h1-14,21H,15-17H2/t21-/m0/s1. The highest BCUT2D eigenvalue weighted by molar-refractivity contribution is 6.08. The summed E-state index contributed by atoms with van der Waals surface area (Å²) in [5, 5.41) is 0. The van der Waals surface area contributed by atoms with Crippen molar-refractivity contribution in [2.24, 2.45) is 5.92 Å². The molecule has 5 heteroatoms. The maximum Gasteiger partial charge on any atom is 0.311 e. The molecule has 0 bridgehead atoms. The van der Waals surface area contributed by atoms with Crippen molar-refractivity contribution in [2.75, 3.05) is 11.4 Å². The van der Waals surface area contributed by atoms with E-state index in [1.54, 1.807) is 41.3 Å². The molecule has 0 aromatic heterocycles. The highest BCUT2D eigenvalue weighted by Gasteiger charge is 2.36. The first kappa shape index (κ1) is 19.6. The molecule has 3 aromatic rings. The van der Waals surface area contributed by atoms with Gasteiger partial charge in [-0.05, 0) is 17.7 Å². The minimum Gasteiger partial charge on any atom is -0.461 e. The van der Waals surface area contributed by atoms with Crippen LogP contribution in [-0.4, -0.2) is 24.2 Å². The van der Waals surface area contributed by atoms with Crippen molar-refractivity contribution < 1.29 is 19.1 Å². The first-order valence-corrected chi connectivity index (χ1v) is 9.82. The van der Waals surface area contributed by atoms with Crippen LogP contribution in [0.25, 0.3) is 0 Å². The van der Waals surface area contributed by atoms with E-state index >= 15 is 0 Å². The maximum absolute atomic E-state index is 12.5. The fourth-order valence-electron chi connectivity index (χ4n) is 3.50. The van der Waals surface area contributed by atoms with Crippen LogP contribution < -0.4 is 4.90 Å². The van der Waals surface area contributed by atoms with Gasteiger partial charge in [0.25, 0.3) is 0 Å². The van der Waals surface area contributed by atoms with Crippen LogP contribution >= 0.6 is 0 Å². The summed E-state index contributed by atoms with van der Waals surface area (Å²) < 4.78 is 5.43. The van der Waals surface area contributed by atoms with Crippen molar-refractivity contribution in [3.8, 4) is 0 Å². The molecule has 3 aromatic carbocycles. The van der Waals surface area contributed by atoms with Crippen LogP contribution in [0.4, 0.5) is 5.69 Å². The third-order valence-electron chi connectivity index (χ3n) is 5.16. The zero-order valence-electron chi connectivity index (χ0n) is 16.4. The Morgan fingerprint density at radius 3 is 2.10 bits per heavy atom. The smallest absolute Gasteiger partial charge is 0.311 e. The minimum atomic E-state index is -0.475. The van der Waals surface area contributed by atoms with Crippen LogP contribution in [0.2, 0.25) is 0 Å². The number of nitrogens with zero attached hydrogens (tertiary/aromatic N) is 1. The number of benzene rings is 3. The third-order valence-corrected chi connectivity index (χ3v) is 5.16. The van der Waals surface area contributed by atoms with Gasteiger partial charge in [0.15, 0.2) is 5.78 Å². The molecule has 0 unspecified atom stereocenters. The van der Waals surface area contributed by atoms with Crippen molar-refractivity contribution in [2.45, 2.75) is 13.0 Å². The Balaban J connectivity index is 1.33. The lowest BCUT2D eigenvalue weighted by Gasteiger charge is -2.16. The number of ether oxygens (including phenoxy) is 1. The average molecular weight is 399 g/mol. The van der Waals surface area contributed by atoms with E-state index in [1.165, 1.54) is 0 Å². The molecule has 0 saturated carbocycles. The van der Waals surface area contributed by atoms with Crippen molar-refractivity contribution >= 4 is 23.3 Å². The first-order valence-electron chi connectivity index (χ1n) is 9.82. The molecule has 1 atom stereocenters. The van der Waals surface area contributed by atoms with Gasteiger partial charge in [-0.3, -0.25) is 14.4 Å². The maximum atomic E-state index is 12.5. The van der Waals surface area contributed by atoms with Crippen LogP contribution in [0.15, 0.2) is 84.9 Å². The third kappa shape index (κ3) is 4.30. The number of hydrogen-bond donors (Lipinski definition) is 0. The van der Waals surface area contributed by atoms with Crippen LogP contribution in [-0.2, 0) is 20.9 Å². The number of para-hydroxylation sites is 1. The number of carbonyl (C=O) groups is 3. The van der Waals surface area contributed by atoms with Crippen molar-refractivity contribution in [3.63, 3.8) is 0 Å². The number of esters is 1. The molecule has 1 amide bonds. The summed E-state index contributed by atoms with van der Waals surface area (Å²) in [6, 6.07) is 25.4. The van der Waals surface area contributed by atoms with E-state index in [4.69, 9.17) is 4.74 Å². The number of ketones is 1. The predicted octanol–water partition coefficient (Wildman–Crippen LogP) is 4.01. The number of hydrogen-bond acceptors (Lipinski definition) is 4. The number of carbonyl (C=O) groups excluding carboxylic acids is 3. The predicted molar refractivity (Wildman–Crippen MR) is 113 cm³/mol. The van der Waals surface area contributed by atoms with E-state index in [-0.39, 0.29) is 30.7 Å². The zero-order chi connectivity index (χ0) is 20.9. The Labute approximate surface area is 174 Å². The molecule has 0 aliphatic carbocycles. The highest BCUT2D eigenvalue weighted by Crippen LogP contribution is 2.26. The average Bonchev–Trinajstić information content (AvgIpc) is 3.20. The molecule has 1 aliphatic heterocycles. The van der Waals surface area contributed by atoms with Crippen LogP contribution in [0.1, 0.15) is 27.9 Å². The van der Waals surface area contributed by atoms with Gasteiger partial charge >= 0.3 is 5.97 Å². The summed E-state index contributed by atoms with van der Waals surface area (Å²) in [6.07, 6.45) is 0.151. The van der Waals surface area contributed by atoms with Crippen LogP contribution in [0.3, 0.4) is 0 Å². The fraction of sp³-hybridized carbons (Fsp3) is 0.160. The van der Waals surface area contributed by atoms with Gasteiger partial charge in [-0.1, -0.05) is 72.8 Å². The van der Waals surface area contributed by atoms with Gasteiger partial charge in [0.1, 0.15) is 6.61 Å². The molecular formula is C25H21NO4. The lowest BCUT2D eigenvalue weighted by molar-refractivity contribution is -0.149. The van der Waals surface area contributed by atoms with Crippen molar-refractivity contribution in [3.05, 3.63) is 102 Å². The second kappa shape index (κ2) is 8.74. The minimum absolute atomic E-state index is 0.0513. The summed E-state index contributed by atoms with van der Waals surface area (Å²) in [4.78, 5) is 38.8. The summed E-state index contributed by atoms with van der Waals surface area (Å²) in [7, 11) is 0. The summed E-state index contributed by atoms with van der Waals surface area (Å²) >= 11 is 0. The Morgan fingerprint density at radius 1 is 0.833 bits per heavy atom. The van der Waals surface area contributed by atoms with Crippen LogP contribution in [0, 0.1) is 5.92 Å². The number of anilines is 1. The molecule has 1 heterocycles. The summed E-state index contributed by atoms with van der Waals surface area (Å²) in [5.41, 5.74) is 2.79. The molecule has 1 fully saturated rings. The molecule has 0 spiro atoms. The molecule has 1 saturated heterocycles. The first-order chi connectivity index (χ1) is 14.6. The van der Waals surface area contributed by atoms with Gasteiger partial charge in [0, 0.05) is 29.8 Å².